The van der Waals surface area contributed by atoms with Crippen LogP contribution in [0.2, 0.25) is 0 Å². The van der Waals surface area contributed by atoms with E-state index in [1.165, 1.54) is 0 Å². The first-order valence-corrected chi connectivity index (χ1v) is 6.18. The number of para-hydroxylation sites is 2. The van der Waals surface area contributed by atoms with E-state index < -0.39 is 0 Å². The first-order chi connectivity index (χ1) is 9.31. The molecule has 6 nitrogen and oxygen atoms in total. The summed E-state index contributed by atoms with van der Waals surface area (Å²) in [6.45, 7) is 2.27. The van der Waals surface area contributed by atoms with Crippen molar-refractivity contribution < 1.29 is 9.63 Å². The van der Waals surface area contributed by atoms with E-state index in [4.69, 9.17) is 4.52 Å². The summed E-state index contributed by atoms with van der Waals surface area (Å²) in [6.07, 6.45) is 0.737. The highest BCUT2D eigenvalue weighted by atomic mass is 16.5. The number of aliphatic hydroxyl groups excluding tert-OH is 1. The van der Waals surface area contributed by atoms with Gasteiger partial charge < -0.3 is 14.2 Å². The molecule has 0 unspecified atom stereocenters. The van der Waals surface area contributed by atoms with Crippen molar-refractivity contribution in [1.82, 2.24) is 19.7 Å². The maximum Gasteiger partial charge on any atom is 0.246 e. The summed E-state index contributed by atoms with van der Waals surface area (Å²) in [5, 5.41) is 13.3. The van der Waals surface area contributed by atoms with Crippen LogP contribution in [0.1, 0.15) is 24.5 Å². The number of rotatable bonds is 4. The normalized spacial score (nSPS) is 11.3. The van der Waals surface area contributed by atoms with E-state index in [0.717, 1.165) is 17.5 Å². The third-order valence-corrected chi connectivity index (χ3v) is 2.99. The molecule has 1 aromatic carbocycles. The lowest BCUT2D eigenvalue weighted by Gasteiger charge is -2.03. The Bertz CT molecular complexity index is 702. The highest BCUT2D eigenvalue weighted by molar-refractivity contribution is 5.75. The average molecular weight is 258 g/mol. The lowest BCUT2D eigenvalue weighted by molar-refractivity contribution is 0.264. The van der Waals surface area contributed by atoms with Gasteiger partial charge in [0.05, 0.1) is 11.0 Å². The molecule has 0 saturated carbocycles. The largest absolute Gasteiger partial charge is 0.388 e. The molecule has 0 spiro atoms. The van der Waals surface area contributed by atoms with Gasteiger partial charge in [0.1, 0.15) is 19.0 Å². The highest BCUT2D eigenvalue weighted by Crippen LogP contribution is 2.17. The summed E-state index contributed by atoms with van der Waals surface area (Å²) in [4.78, 5) is 8.66. The minimum absolute atomic E-state index is 0.122. The smallest absolute Gasteiger partial charge is 0.246 e. The molecular weight excluding hydrogens is 244 g/mol. The standard InChI is InChI=1S/C13H14N4O2/c1-2-11-15-13(19-16-11)7-17-10-6-4-3-5-9(10)14-12(17)8-18/h3-6,18H,2,7-8H2,1H3. The van der Waals surface area contributed by atoms with Gasteiger partial charge in [0.25, 0.3) is 0 Å². The van der Waals surface area contributed by atoms with Crippen LogP contribution in [0, 0.1) is 0 Å². The van der Waals surface area contributed by atoms with Gasteiger partial charge in [0, 0.05) is 6.42 Å². The van der Waals surface area contributed by atoms with Crippen molar-refractivity contribution in [3.63, 3.8) is 0 Å². The van der Waals surface area contributed by atoms with Gasteiger partial charge in [-0.3, -0.25) is 0 Å². The lowest BCUT2D eigenvalue weighted by atomic mass is 10.3. The molecule has 0 fully saturated rings. The summed E-state index contributed by atoms with van der Waals surface area (Å²) < 4.78 is 7.08. The van der Waals surface area contributed by atoms with Crippen molar-refractivity contribution in [3.8, 4) is 0 Å². The van der Waals surface area contributed by atoms with Crippen molar-refractivity contribution in [1.29, 1.82) is 0 Å². The second kappa shape index (κ2) is 4.81. The second-order valence-corrected chi connectivity index (χ2v) is 4.22. The van der Waals surface area contributed by atoms with Gasteiger partial charge in [-0.05, 0) is 12.1 Å². The van der Waals surface area contributed by atoms with Gasteiger partial charge in [0.15, 0.2) is 5.82 Å². The van der Waals surface area contributed by atoms with Crippen LogP contribution in [0.4, 0.5) is 0 Å². The van der Waals surface area contributed by atoms with Crippen molar-refractivity contribution >= 4 is 11.0 Å². The zero-order valence-corrected chi connectivity index (χ0v) is 10.6. The first kappa shape index (κ1) is 11.9. The summed E-state index contributed by atoms with van der Waals surface area (Å²) >= 11 is 0. The molecule has 0 aliphatic heterocycles. The van der Waals surface area contributed by atoms with Crippen molar-refractivity contribution in [2.75, 3.05) is 0 Å². The third-order valence-electron chi connectivity index (χ3n) is 2.99. The number of aryl methyl sites for hydroxylation is 1. The summed E-state index contributed by atoms with van der Waals surface area (Å²) in [6, 6.07) is 7.73. The molecule has 2 heterocycles. The number of aliphatic hydroxyl groups is 1. The quantitative estimate of drug-likeness (QED) is 0.767. The van der Waals surface area contributed by atoms with E-state index in [2.05, 4.69) is 15.1 Å². The predicted octanol–water partition coefficient (Wildman–Crippen LogP) is 1.52. The lowest BCUT2D eigenvalue weighted by Crippen LogP contribution is -2.05. The van der Waals surface area contributed by atoms with Crippen LogP contribution in [-0.2, 0) is 19.6 Å². The van der Waals surface area contributed by atoms with Crippen molar-refractivity contribution in [3.05, 3.63) is 41.8 Å². The number of imidazole rings is 1. The molecular formula is C13H14N4O2. The number of nitrogens with zero attached hydrogens (tertiary/aromatic N) is 4. The van der Waals surface area contributed by atoms with E-state index in [1.807, 2.05) is 35.8 Å². The Morgan fingerprint density at radius 2 is 2.11 bits per heavy atom. The molecule has 0 aliphatic rings. The molecule has 0 radical (unpaired) electrons. The van der Waals surface area contributed by atoms with E-state index in [-0.39, 0.29) is 6.61 Å². The number of hydrogen-bond acceptors (Lipinski definition) is 5. The van der Waals surface area contributed by atoms with E-state index >= 15 is 0 Å². The van der Waals surface area contributed by atoms with Crippen LogP contribution in [0.15, 0.2) is 28.8 Å². The second-order valence-electron chi connectivity index (χ2n) is 4.22. The Morgan fingerprint density at radius 3 is 2.84 bits per heavy atom. The van der Waals surface area contributed by atoms with Crippen LogP contribution in [0.25, 0.3) is 11.0 Å². The Hall–Kier alpha value is -2.21. The van der Waals surface area contributed by atoms with Crippen LogP contribution < -0.4 is 0 Å². The van der Waals surface area contributed by atoms with Gasteiger partial charge in [-0.15, -0.1) is 0 Å². The number of aromatic nitrogens is 4. The fourth-order valence-corrected chi connectivity index (χ4v) is 2.06. The van der Waals surface area contributed by atoms with E-state index in [0.29, 0.717) is 24.1 Å². The van der Waals surface area contributed by atoms with Gasteiger partial charge in [0.2, 0.25) is 5.89 Å². The van der Waals surface area contributed by atoms with E-state index in [9.17, 15) is 5.11 Å². The number of hydrogen-bond donors (Lipinski definition) is 1. The minimum Gasteiger partial charge on any atom is -0.388 e. The van der Waals surface area contributed by atoms with Gasteiger partial charge in [-0.1, -0.05) is 24.2 Å². The Labute approximate surface area is 109 Å². The molecule has 2 aromatic heterocycles. The Kier molecular flexibility index (Phi) is 3.00. The Morgan fingerprint density at radius 1 is 1.26 bits per heavy atom. The topological polar surface area (TPSA) is 77.0 Å². The van der Waals surface area contributed by atoms with Crippen LogP contribution >= 0.6 is 0 Å². The summed E-state index contributed by atoms with van der Waals surface area (Å²) in [5.41, 5.74) is 1.80. The molecule has 0 aliphatic carbocycles. The third kappa shape index (κ3) is 2.10. The fourth-order valence-electron chi connectivity index (χ4n) is 2.06. The molecule has 1 N–H and O–H groups in total. The zero-order chi connectivity index (χ0) is 13.2. The number of fused-ring (bicyclic) bond motifs is 1. The van der Waals surface area contributed by atoms with Gasteiger partial charge in [-0.25, -0.2) is 4.98 Å². The first-order valence-electron chi connectivity index (χ1n) is 6.18. The molecule has 0 atom stereocenters. The monoisotopic (exact) mass is 258 g/mol. The average Bonchev–Trinajstić information content (AvgIpc) is 3.04. The van der Waals surface area contributed by atoms with Crippen LogP contribution in [0.3, 0.4) is 0 Å². The molecule has 19 heavy (non-hydrogen) atoms. The van der Waals surface area contributed by atoms with Crippen LogP contribution in [-0.4, -0.2) is 24.8 Å². The van der Waals surface area contributed by atoms with Crippen molar-refractivity contribution in [2.24, 2.45) is 0 Å². The molecule has 3 rings (SSSR count). The summed E-state index contributed by atoms with van der Waals surface area (Å²) in [5.74, 6) is 1.80. The zero-order valence-electron chi connectivity index (χ0n) is 10.6. The molecule has 6 heteroatoms. The number of benzene rings is 1. The molecule has 0 saturated heterocycles. The Balaban J connectivity index is 2.03. The molecule has 0 amide bonds. The molecule has 98 valence electrons. The van der Waals surface area contributed by atoms with Gasteiger partial charge >= 0.3 is 0 Å². The van der Waals surface area contributed by atoms with Crippen LogP contribution in [0.5, 0.6) is 0 Å². The SMILES string of the molecule is CCc1noc(Cn2c(CO)nc3ccccc32)n1. The minimum atomic E-state index is -0.122. The molecule has 3 aromatic rings. The summed E-state index contributed by atoms with van der Waals surface area (Å²) in [7, 11) is 0. The predicted molar refractivity (Wildman–Crippen MR) is 68.4 cm³/mol. The highest BCUT2D eigenvalue weighted by Gasteiger charge is 2.13. The van der Waals surface area contributed by atoms with E-state index in [1.54, 1.807) is 0 Å². The molecule has 0 bridgehead atoms. The fraction of sp³-hybridized carbons (Fsp3) is 0.308. The maximum atomic E-state index is 9.40. The maximum absolute atomic E-state index is 9.40. The van der Waals surface area contributed by atoms with Crippen molar-refractivity contribution in [2.45, 2.75) is 26.5 Å². The van der Waals surface area contributed by atoms with Gasteiger partial charge in [-0.2, -0.15) is 4.98 Å².